The average molecular weight is 522 g/mol. The molecule has 1 atom stereocenters. The van der Waals surface area contributed by atoms with Crippen LogP contribution in [0, 0.1) is 0 Å². The molecular formula is C24H28ClN3O6S. The van der Waals surface area contributed by atoms with E-state index >= 15 is 0 Å². The first-order valence-electron chi connectivity index (χ1n) is 11.0. The first kappa shape index (κ1) is 26.5. The normalized spacial score (nSPS) is 12.4. The number of carbonyl (C=O) groups excluding carboxylic acids is 1. The van der Waals surface area contributed by atoms with Gasteiger partial charge in [-0.2, -0.15) is 5.10 Å². The Morgan fingerprint density at radius 3 is 2.46 bits per heavy atom. The topological polar surface area (TPSA) is 120 Å². The second-order valence-corrected chi connectivity index (χ2v) is 10.8. The maximum absolute atomic E-state index is 12.9. The van der Waals surface area contributed by atoms with E-state index in [1.54, 1.807) is 36.9 Å². The molecule has 0 bridgehead atoms. The Morgan fingerprint density at radius 1 is 1.14 bits per heavy atom. The van der Waals surface area contributed by atoms with Crippen molar-refractivity contribution >= 4 is 33.2 Å². The second-order valence-electron chi connectivity index (χ2n) is 8.13. The van der Waals surface area contributed by atoms with Crippen molar-refractivity contribution < 1.29 is 27.8 Å². The Morgan fingerprint density at radius 2 is 1.86 bits per heavy atom. The van der Waals surface area contributed by atoms with Crippen LogP contribution >= 0.6 is 11.6 Å². The van der Waals surface area contributed by atoms with Gasteiger partial charge in [-0.3, -0.25) is 9.48 Å². The number of ether oxygens (including phenoxy) is 2. The zero-order valence-corrected chi connectivity index (χ0v) is 21.4. The number of aliphatic hydroxyl groups excluding tert-OH is 1. The fourth-order valence-electron chi connectivity index (χ4n) is 3.03. The predicted molar refractivity (Wildman–Crippen MR) is 133 cm³/mol. The van der Waals surface area contributed by atoms with Gasteiger partial charge in [-0.15, -0.1) is 0 Å². The van der Waals surface area contributed by atoms with Crippen LogP contribution in [0.25, 0.3) is 0 Å². The van der Waals surface area contributed by atoms with Crippen LogP contribution in [-0.2, 0) is 9.84 Å². The van der Waals surface area contributed by atoms with Crippen LogP contribution in [0.1, 0.15) is 44.1 Å². The fraction of sp³-hybridized carbons (Fsp3) is 0.333. The molecule has 3 rings (SSSR count). The smallest absolute Gasteiger partial charge is 0.257 e. The van der Waals surface area contributed by atoms with Crippen molar-refractivity contribution in [2.75, 3.05) is 17.7 Å². The lowest BCUT2D eigenvalue weighted by molar-refractivity contribution is 0.102. The van der Waals surface area contributed by atoms with Crippen molar-refractivity contribution in [2.24, 2.45) is 0 Å². The van der Waals surface area contributed by atoms with Gasteiger partial charge in [0.15, 0.2) is 15.7 Å². The molecule has 1 aromatic heterocycles. The number of sulfone groups is 1. The maximum atomic E-state index is 12.9. The fourth-order valence-corrected chi connectivity index (χ4v) is 4.22. The van der Waals surface area contributed by atoms with Gasteiger partial charge >= 0.3 is 0 Å². The molecule has 0 unspecified atom stereocenters. The van der Waals surface area contributed by atoms with Crippen molar-refractivity contribution in [3.05, 3.63) is 59.2 Å². The molecule has 0 aliphatic heterocycles. The van der Waals surface area contributed by atoms with E-state index in [9.17, 15) is 18.3 Å². The zero-order chi connectivity index (χ0) is 25.8. The summed E-state index contributed by atoms with van der Waals surface area (Å²) in [5.41, 5.74) is 0.225. The summed E-state index contributed by atoms with van der Waals surface area (Å²) in [6, 6.07) is 10.6. The van der Waals surface area contributed by atoms with Crippen LogP contribution in [0.5, 0.6) is 17.2 Å². The molecule has 3 aromatic rings. The summed E-state index contributed by atoms with van der Waals surface area (Å²) in [5, 5.41) is 16.5. The highest BCUT2D eigenvalue weighted by molar-refractivity contribution is 7.91. The quantitative estimate of drug-likeness (QED) is 0.396. The minimum Gasteiger partial charge on any atom is -0.488 e. The molecule has 0 aliphatic carbocycles. The number of nitrogens with one attached hydrogen (secondary N) is 1. The van der Waals surface area contributed by atoms with E-state index in [1.165, 1.54) is 30.3 Å². The van der Waals surface area contributed by atoms with Crippen LogP contribution in [0.15, 0.2) is 53.6 Å². The van der Waals surface area contributed by atoms with Gasteiger partial charge in [0.1, 0.15) is 23.4 Å². The van der Waals surface area contributed by atoms with Crippen LogP contribution in [0.2, 0.25) is 5.02 Å². The van der Waals surface area contributed by atoms with Crippen LogP contribution < -0.4 is 14.8 Å². The van der Waals surface area contributed by atoms with E-state index in [4.69, 9.17) is 21.1 Å². The molecule has 1 amide bonds. The van der Waals surface area contributed by atoms with Gasteiger partial charge in [-0.1, -0.05) is 18.5 Å². The summed E-state index contributed by atoms with van der Waals surface area (Å²) in [7, 11) is -3.43. The molecule has 2 N–H and O–H groups in total. The number of anilines is 1. The van der Waals surface area contributed by atoms with E-state index in [-0.39, 0.29) is 45.4 Å². The van der Waals surface area contributed by atoms with Crippen molar-refractivity contribution in [3.8, 4) is 17.2 Å². The first-order valence-corrected chi connectivity index (χ1v) is 13.0. The number of rotatable bonds is 10. The molecular weight excluding hydrogens is 494 g/mol. The summed E-state index contributed by atoms with van der Waals surface area (Å²) in [6.07, 6.45) is 1.24. The predicted octanol–water partition coefficient (Wildman–Crippen LogP) is 4.72. The monoisotopic (exact) mass is 521 g/mol. The lowest BCUT2D eigenvalue weighted by Crippen LogP contribution is -2.17. The largest absolute Gasteiger partial charge is 0.488 e. The van der Waals surface area contributed by atoms with Gasteiger partial charge in [-0.25, -0.2) is 8.42 Å². The Balaban J connectivity index is 1.91. The molecule has 0 aliphatic rings. The van der Waals surface area contributed by atoms with Crippen LogP contribution in [-0.4, -0.2) is 47.7 Å². The van der Waals surface area contributed by atoms with Crippen molar-refractivity contribution in [1.29, 1.82) is 0 Å². The van der Waals surface area contributed by atoms with E-state index < -0.39 is 21.8 Å². The number of benzene rings is 2. The number of carbonyl (C=O) groups is 1. The van der Waals surface area contributed by atoms with E-state index in [0.29, 0.717) is 11.6 Å². The minimum absolute atomic E-state index is 0.0557. The molecule has 1 heterocycles. The minimum atomic E-state index is -3.43. The Kier molecular flexibility index (Phi) is 8.42. The van der Waals surface area contributed by atoms with E-state index in [2.05, 4.69) is 10.4 Å². The maximum Gasteiger partial charge on any atom is 0.257 e. The highest BCUT2D eigenvalue weighted by Crippen LogP contribution is 2.34. The van der Waals surface area contributed by atoms with Gasteiger partial charge < -0.3 is 19.9 Å². The van der Waals surface area contributed by atoms with Gasteiger partial charge in [-0.05, 0) is 51.1 Å². The second kappa shape index (κ2) is 11.1. The molecule has 9 nitrogen and oxygen atoms in total. The summed E-state index contributed by atoms with van der Waals surface area (Å²) < 4.78 is 37.5. The zero-order valence-electron chi connectivity index (χ0n) is 19.9. The van der Waals surface area contributed by atoms with E-state index in [0.717, 1.165) is 0 Å². The number of hydrogen-bond donors (Lipinski definition) is 2. The van der Waals surface area contributed by atoms with Gasteiger partial charge in [0.05, 0.1) is 22.3 Å². The molecule has 188 valence electrons. The molecule has 0 radical (unpaired) electrons. The molecule has 35 heavy (non-hydrogen) atoms. The number of hydrogen-bond acceptors (Lipinski definition) is 7. The Bertz CT molecular complexity index is 1310. The summed E-state index contributed by atoms with van der Waals surface area (Å²) in [6.45, 7) is 6.95. The molecule has 2 aromatic carbocycles. The Hall–Kier alpha value is -3.08. The third kappa shape index (κ3) is 6.74. The van der Waals surface area contributed by atoms with Crippen LogP contribution in [0.4, 0.5) is 5.82 Å². The highest BCUT2D eigenvalue weighted by atomic mass is 35.5. The van der Waals surface area contributed by atoms with Crippen molar-refractivity contribution in [3.63, 3.8) is 0 Å². The Labute approximate surface area is 209 Å². The number of amides is 1. The number of aromatic nitrogens is 2. The highest BCUT2D eigenvalue weighted by Gasteiger charge is 2.17. The third-order valence-electron chi connectivity index (χ3n) is 4.99. The molecule has 11 heteroatoms. The molecule has 0 saturated heterocycles. The van der Waals surface area contributed by atoms with Gasteiger partial charge in [0.25, 0.3) is 5.91 Å². The summed E-state index contributed by atoms with van der Waals surface area (Å²) in [5.74, 6) is 0.621. The van der Waals surface area contributed by atoms with Gasteiger partial charge in [0, 0.05) is 29.9 Å². The summed E-state index contributed by atoms with van der Waals surface area (Å²) >= 11 is 6.28. The number of nitrogens with zero attached hydrogens (tertiary/aromatic N) is 2. The van der Waals surface area contributed by atoms with Crippen LogP contribution in [0.3, 0.4) is 0 Å². The molecule has 0 spiro atoms. The molecule has 0 saturated carbocycles. The van der Waals surface area contributed by atoms with E-state index in [1.807, 2.05) is 13.8 Å². The summed E-state index contributed by atoms with van der Waals surface area (Å²) in [4.78, 5) is 13.0. The lowest BCUT2D eigenvalue weighted by Gasteiger charge is -2.16. The van der Waals surface area contributed by atoms with Crippen molar-refractivity contribution in [1.82, 2.24) is 9.78 Å². The van der Waals surface area contributed by atoms with Gasteiger partial charge in [0.2, 0.25) is 0 Å². The SMILES string of the molecule is CCS(=O)(=O)c1ccc(Oc2cc(O[C@@H](C)CO)cc(C(=O)Nc3ccn(C(C)C)n3)c2)c(Cl)c1. The average Bonchev–Trinajstić information content (AvgIpc) is 3.29. The van der Waals surface area contributed by atoms with Crippen molar-refractivity contribution in [2.45, 2.75) is 44.7 Å². The standard InChI is InChI=1S/C24H28ClN3O6S/c1-5-35(31,32)20-6-7-22(21(25)13-20)34-19-11-17(10-18(12-19)33-16(4)14-29)24(30)26-23-8-9-28(27-23)15(2)3/h6-13,15-16,29H,5,14H2,1-4H3,(H,26,27,30)/t16-/m0/s1. The lowest BCUT2D eigenvalue weighted by atomic mass is 10.2. The number of aliphatic hydroxyl groups is 1. The molecule has 0 fully saturated rings. The first-order chi connectivity index (χ1) is 16.5. The number of halogens is 1. The third-order valence-corrected chi connectivity index (χ3v) is 7.01.